The maximum Gasteiger partial charge on any atom is 0.0421 e. The maximum absolute atomic E-state index is 3.61. The highest BCUT2D eigenvalue weighted by Crippen LogP contribution is 2.24. The third-order valence-corrected chi connectivity index (χ3v) is 4.64. The van der Waals surface area contributed by atoms with Crippen LogP contribution in [0.5, 0.6) is 0 Å². The molecule has 1 fully saturated rings. The van der Waals surface area contributed by atoms with Crippen molar-refractivity contribution in [2.75, 3.05) is 44.7 Å². The fourth-order valence-electron chi connectivity index (χ4n) is 2.86. The van der Waals surface area contributed by atoms with Crippen LogP contribution in [-0.2, 0) is 6.54 Å². The fourth-order valence-corrected chi connectivity index (χ4v) is 3.21. The number of nitrogens with one attached hydrogen (secondary N) is 1. The third kappa shape index (κ3) is 5.28. The lowest BCUT2D eigenvalue weighted by Gasteiger charge is -2.25. The number of rotatable bonds is 8. The lowest BCUT2D eigenvalue weighted by Crippen LogP contribution is -2.32. The first-order valence-corrected chi connectivity index (χ1v) is 8.92. The van der Waals surface area contributed by atoms with Gasteiger partial charge in [-0.15, -0.1) is 0 Å². The highest BCUT2D eigenvalue weighted by Gasteiger charge is 2.13. The smallest absolute Gasteiger partial charge is 0.0421 e. The molecule has 0 atom stereocenters. The van der Waals surface area contributed by atoms with Crippen LogP contribution in [0.3, 0.4) is 0 Å². The molecule has 3 nitrogen and oxygen atoms in total. The molecule has 1 saturated heterocycles. The molecule has 118 valence electrons. The van der Waals surface area contributed by atoms with Crippen LogP contribution in [0.15, 0.2) is 22.7 Å². The standard InChI is InChI=1S/C17H28BrN3/c1-3-8-19-14-15-6-7-16(18)13-17(15)20(2)11-12-21-9-4-5-10-21/h6-7,13,19H,3-5,8-12,14H2,1-2H3. The Morgan fingerprint density at radius 1 is 1.29 bits per heavy atom. The summed E-state index contributed by atoms with van der Waals surface area (Å²) in [5.41, 5.74) is 2.72. The van der Waals surface area contributed by atoms with E-state index in [1.165, 1.54) is 50.1 Å². The molecule has 1 aromatic carbocycles. The zero-order valence-corrected chi connectivity index (χ0v) is 15.0. The molecule has 0 saturated carbocycles. The number of nitrogens with zero attached hydrogens (tertiary/aromatic N) is 2. The van der Waals surface area contributed by atoms with Gasteiger partial charge in [0, 0.05) is 36.8 Å². The minimum atomic E-state index is 0.949. The van der Waals surface area contributed by atoms with E-state index in [2.05, 4.69) is 63.2 Å². The molecule has 0 spiro atoms. The number of anilines is 1. The Hall–Kier alpha value is -0.580. The molecule has 0 unspecified atom stereocenters. The molecule has 0 amide bonds. The molecular weight excluding hydrogens is 326 g/mol. The van der Waals surface area contributed by atoms with E-state index in [1.54, 1.807) is 0 Å². The zero-order chi connectivity index (χ0) is 15.1. The highest BCUT2D eigenvalue weighted by atomic mass is 79.9. The van der Waals surface area contributed by atoms with Gasteiger partial charge in [-0.1, -0.05) is 28.9 Å². The summed E-state index contributed by atoms with van der Waals surface area (Å²) in [4.78, 5) is 4.97. The second-order valence-electron chi connectivity index (χ2n) is 5.92. The average molecular weight is 354 g/mol. The van der Waals surface area contributed by atoms with Gasteiger partial charge < -0.3 is 15.1 Å². The maximum atomic E-state index is 3.61. The summed E-state index contributed by atoms with van der Waals surface area (Å²) in [6.07, 6.45) is 3.91. The molecule has 1 aliphatic heterocycles. The van der Waals surface area contributed by atoms with Gasteiger partial charge in [0.1, 0.15) is 0 Å². The Morgan fingerprint density at radius 2 is 2.05 bits per heavy atom. The normalized spacial score (nSPS) is 15.6. The van der Waals surface area contributed by atoms with E-state index in [0.29, 0.717) is 0 Å². The predicted octanol–water partition coefficient (Wildman–Crippen LogP) is 3.48. The Bertz CT molecular complexity index is 430. The first-order chi connectivity index (χ1) is 10.2. The lowest BCUT2D eigenvalue weighted by atomic mass is 10.1. The molecule has 0 bridgehead atoms. The predicted molar refractivity (Wildman–Crippen MR) is 95.1 cm³/mol. The highest BCUT2D eigenvalue weighted by molar-refractivity contribution is 9.10. The average Bonchev–Trinajstić information content (AvgIpc) is 3.00. The van der Waals surface area contributed by atoms with Gasteiger partial charge in [-0.3, -0.25) is 0 Å². The molecule has 4 heteroatoms. The number of likely N-dealkylation sites (N-methyl/N-ethyl adjacent to an activating group) is 1. The second-order valence-corrected chi connectivity index (χ2v) is 6.84. The topological polar surface area (TPSA) is 18.5 Å². The van der Waals surface area contributed by atoms with Crippen LogP contribution in [-0.4, -0.2) is 44.7 Å². The molecule has 0 aromatic heterocycles. The van der Waals surface area contributed by atoms with Crippen LogP contribution in [0.2, 0.25) is 0 Å². The van der Waals surface area contributed by atoms with Crippen molar-refractivity contribution < 1.29 is 0 Å². The van der Waals surface area contributed by atoms with Crippen LogP contribution in [0.25, 0.3) is 0 Å². The van der Waals surface area contributed by atoms with Crippen molar-refractivity contribution in [3.8, 4) is 0 Å². The number of benzene rings is 1. The van der Waals surface area contributed by atoms with Gasteiger partial charge in [-0.05, 0) is 56.6 Å². The van der Waals surface area contributed by atoms with E-state index < -0.39 is 0 Å². The SMILES string of the molecule is CCCNCc1ccc(Br)cc1N(C)CCN1CCCC1. The number of halogens is 1. The monoisotopic (exact) mass is 353 g/mol. The van der Waals surface area contributed by atoms with Crippen molar-refractivity contribution in [3.63, 3.8) is 0 Å². The minimum Gasteiger partial charge on any atom is -0.373 e. The Kier molecular flexibility index (Phi) is 7.00. The van der Waals surface area contributed by atoms with Crippen LogP contribution < -0.4 is 10.2 Å². The van der Waals surface area contributed by atoms with Gasteiger partial charge in [-0.2, -0.15) is 0 Å². The number of hydrogen-bond acceptors (Lipinski definition) is 3. The van der Waals surface area contributed by atoms with Gasteiger partial charge in [-0.25, -0.2) is 0 Å². The van der Waals surface area contributed by atoms with Crippen LogP contribution in [0.4, 0.5) is 5.69 Å². The van der Waals surface area contributed by atoms with Gasteiger partial charge >= 0.3 is 0 Å². The Morgan fingerprint density at radius 3 is 2.76 bits per heavy atom. The molecule has 21 heavy (non-hydrogen) atoms. The molecule has 1 N–H and O–H groups in total. The second kappa shape index (κ2) is 8.76. The first-order valence-electron chi connectivity index (χ1n) is 8.13. The van der Waals surface area contributed by atoms with Gasteiger partial charge in [0.25, 0.3) is 0 Å². The summed E-state index contributed by atoms with van der Waals surface area (Å²) >= 11 is 3.61. The first kappa shape index (κ1) is 16.8. The number of likely N-dealkylation sites (tertiary alicyclic amines) is 1. The largest absolute Gasteiger partial charge is 0.373 e. The van der Waals surface area contributed by atoms with Crippen molar-refractivity contribution in [2.45, 2.75) is 32.7 Å². The molecule has 2 rings (SSSR count). The van der Waals surface area contributed by atoms with E-state index in [9.17, 15) is 0 Å². The summed E-state index contributed by atoms with van der Waals surface area (Å²) in [5.74, 6) is 0. The van der Waals surface area contributed by atoms with E-state index >= 15 is 0 Å². The van der Waals surface area contributed by atoms with E-state index in [-0.39, 0.29) is 0 Å². The molecule has 1 aliphatic rings. The summed E-state index contributed by atoms with van der Waals surface area (Å²) in [6.45, 7) is 9.05. The Labute approximate surface area is 137 Å². The zero-order valence-electron chi connectivity index (χ0n) is 13.4. The molecule has 1 aromatic rings. The van der Waals surface area contributed by atoms with Crippen LogP contribution >= 0.6 is 15.9 Å². The van der Waals surface area contributed by atoms with Crippen LogP contribution in [0.1, 0.15) is 31.7 Å². The van der Waals surface area contributed by atoms with Gasteiger partial charge in [0.15, 0.2) is 0 Å². The van der Waals surface area contributed by atoms with Crippen molar-refractivity contribution in [2.24, 2.45) is 0 Å². The third-order valence-electron chi connectivity index (χ3n) is 4.15. The van der Waals surface area contributed by atoms with Crippen molar-refractivity contribution in [1.82, 2.24) is 10.2 Å². The number of hydrogen-bond donors (Lipinski definition) is 1. The minimum absolute atomic E-state index is 0.949. The molecule has 0 aliphatic carbocycles. The summed E-state index contributed by atoms with van der Waals surface area (Å²) in [5, 5.41) is 3.51. The Balaban J connectivity index is 1.96. The summed E-state index contributed by atoms with van der Waals surface area (Å²) in [6, 6.07) is 6.61. The fraction of sp³-hybridized carbons (Fsp3) is 0.647. The summed E-state index contributed by atoms with van der Waals surface area (Å²) in [7, 11) is 2.21. The van der Waals surface area contributed by atoms with Crippen molar-refractivity contribution in [1.29, 1.82) is 0 Å². The van der Waals surface area contributed by atoms with Crippen LogP contribution in [0, 0.1) is 0 Å². The van der Waals surface area contributed by atoms with Gasteiger partial charge in [0.05, 0.1) is 0 Å². The van der Waals surface area contributed by atoms with Crippen molar-refractivity contribution >= 4 is 21.6 Å². The lowest BCUT2D eigenvalue weighted by molar-refractivity contribution is 0.346. The quantitative estimate of drug-likeness (QED) is 0.721. The molecular formula is C17H28BrN3. The van der Waals surface area contributed by atoms with E-state index in [4.69, 9.17) is 0 Å². The molecule has 1 heterocycles. The van der Waals surface area contributed by atoms with Gasteiger partial charge in [0.2, 0.25) is 0 Å². The summed E-state index contributed by atoms with van der Waals surface area (Å²) < 4.78 is 1.16. The van der Waals surface area contributed by atoms with E-state index in [1.807, 2.05) is 0 Å². The molecule has 0 radical (unpaired) electrons. The van der Waals surface area contributed by atoms with E-state index in [0.717, 1.165) is 24.1 Å². The van der Waals surface area contributed by atoms with Crippen molar-refractivity contribution in [3.05, 3.63) is 28.2 Å².